The zero-order valence-electron chi connectivity index (χ0n) is 17.1. The number of hydrogen-bond acceptors (Lipinski definition) is 3. The van der Waals surface area contributed by atoms with E-state index in [1.165, 1.54) is 29.2 Å². The first kappa shape index (κ1) is 20.7. The normalized spacial score (nSPS) is 17.0. The molecule has 1 aliphatic rings. The van der Waals surface area contributed by atoms with Crippen LogP contribution in [0.4, 0.5) is 10.1 Å². The van der Waals surface area contributed by atoms with Gasteiger partial charge in [-0.3, -0.25) is 14.4 Å². The highest BCUT2D eigenvalue weighted by atomic mass is 19.1. The molecule has 0 saturated carbocycles. The van der Waals surface area contributed by atoms with Crippen LogP contribution in [0.25, 0.3) is 0 Å². The van der Waals surface area contributed by atoms with Crippen LogP contribution in [0.3, 0.4) is 0 Å². The van der Waals surface area contributed by atoms with Gasteiger partial charge in [-0.15, -0.1) is 0 Å². The highest BCUT2D eigenvalue weighted by molar-refractivity contribution is 6.23. The van der Waals surface area contributed by atoms with Gasteiger partial charge in [0.05, 0.1) is 12.1 Å². The molecule has 1 fully saturated rings. The molecule has 1 unspecified atom stereocenters. The van der Waals surface area contributed by atoms with Crippen LogP contribution in [-0.2, 0) is 9.59 Å². The molecular formula is C23H25FN2O3. The Labute approximate surface area is 170 Å². The second kappa shape index (κ2) is 7.78. The molecular weight excluding hydrogens is 371 g/mol. The van der Waals surface area contributed by atoms with Gasteiger partial charge in [-0.1, -0.05) is 24.6 Å². The van der Waals surface area contributed by atoms with E-state index in [2.05, 4.69) is 0 Å². The Hall–Kier alpha value is -3.02. The Balaban J connectivity index is 1.99. The summed E-state index contributed by atoms with van der Waals surface area (Å²) in [6, 6.07) is 11.4. The van der Waals surface area contributed by atoms with Crippen molar-refractivity contribution < 1.29 is 18.8 Å². The highest BCUT2D eigenvalue weighted by Crippen LogP contribution is 2.32. The summed E-state index contributed by atoms with van der Waals surface area (Å²) in [7, 11) is 0. The summed E-state index contributed by atoms with van der Waals surface area (Å²) >= 11 is 0. The third kappa shape index (κ3) is 3.92. The number of rotatable bonds is 5. The van der Waals surface area contributed by atoms with E-state index in [1.807, 2.05) is 39.8 Å². The first-order valence-electron chi connectivity index (χ1n) is 9.68. The molecule has 3 amide bonds. The predicted molar refractivity (Wildman–Crippen MR) is 109 cm³/mol. The molecule has 1 heterocycles. The molecule has 0 N–H and O–H groups in total. The average molecular weight is 396 g/mol. The summed E-state index contributed by atoms with van der Waals surface area (Å²) in [6.45, 7) is 7.64. The fourth-order valence-electron chi connectivity index (χ4n) is 3.52. The molecule has 6 heteroatoms. The number of carbonyl (C=O) groups is 3. The fourth-order valence-corrected chi connectivity index (χ4v) is 3.52. The number of carbonyl (C=O) groups excluding carboxylic acids is 3. The largest absolute Gasteiger partial charge is 0.321 e. The molecule has 29 heavy (non-hydrogen) atoms. The summed E-state index contributed by atoms with van der Waals surface area (Å²) in [5.41, 5.74) is 1.16. The van der Waals surface area contributed by atoms with E-state index in [4.69, 9.17) is 0 Å². The molecule has 0 radical (unpaired) electrons. The van der Waals surface area contributed by atoms with Crippen molar-refractivity contribution in [2.24, 2.45) is 0 Å². The van der Waals surface area contributed by atoms with Crippen molar-refractivity contribution in [1.29, 1.82) is 0 Å². The lowest BCUT2D eigenvalue weighted by Gasteiger charge is -2.41. The van der Waals surface area contributed by atoms with Crippen LogP contribution in [-0.4, -0.2) is 34.2 Å². The van der Waals surface area contributed by atoms with E-state index in [-0.39, 0.29) is 12.3 Å². The van der Waals surface area contributed by atoms with Crippen molar-refractivity contribution in [3.05, 3.63) is 65.5 Å². The van der Waals surface area contributed by atoms with Gasteiger partial charge in [0.2, 0.25) is 5.91 Å². The van der Waals surface area contributed by atoms with E-state index in [9.17, 15) is 18.8 Å². The quantitative estimate of drug-likeness (QED) is 0.715. The molecule has 5 nitrogen and oxygen atoms in total. The van der Waals surface area contributed by atoms with Gasteiger partial charge >= 0.3 is 0 Å². The number of imide groups is 1. The number of hydrogen-bond donors (Lipinski definition) is 0. The summed E-state index contributed by atoms with van der Waals surface area (Å²) in [6.07, 6.45) is 0.510. The predicted octanol–water partition coefficient (Wildman–Crippen LogP) is 4.10. The number of nitrogens with zero attached hydrogens (tertiary/aromatic N) is 2. The van der Waals surface area contributed by atoms with Crippen LogP contribution in [0.1, 0.15) is 49.5 Å². The number of amides is 3. The molecule has 1 atom stereocenters. The first-order valence-corrected chi connectivity index (χ1v) is 9.68. The Morgan fingerprint density at radius 2 is 1.69 bits per heavy atom. The van der Waals surface area contributed by atoms with E-state index < -0.39 is 29.2 Å². The average Bonchev–Trinajstić information content (AvgIpc) is 2.97. The fraction of sp³-hybridized carbons (Fsp3) is 0.348. The highest BCUT2D eigenvalue weighted by Gasteiger charge is 2.48. The van der Waals surface area contributed by atoms with Crippen molar-refractivity contribution in [3.63, 3.8) is 0 Å². The molecule has 0 aliphatic carbocycles. The molecule has 0 spiro atoms. The lowest BCUT2D eigenvalue weighted by molar-refractivity contribution is -0.123. The second-order valence-electron chi connectivity index (χ2n) is 7.97. The maximum absolute atomic E-state index is 13.4. The van der Waals surface area contributed by atoms with Gasteiger partial charge in [0.15, 0.2) is 0 Å². The number of anilines is 1. The zero-order valence-corrected chi connectivity index (χ0v) is 17.1. The smallest absolute Gasteiger partial charge is 0.257 e. The minimum atomic E-state index is -0.906. The third-order valence-corrected chi connectivity index (χ3v) is 5.55. The summed E-state index contributed by atoms with van der Waals surface area (Å²) < 4.78 is 13.3. The van der Waals surface area contributed by atoms with Gasteiger partial charge < -0.3 is 4.90 Å². The van der Waals surface area contributed by atoms with Crippen molar-refractivity contribution in [3.8, 4) is 0 Å². The first-order chi connectivity index (χ1) is 13.7. The van der Waals surface area contributed by atoms with Crippen LogP contribution >= 0.6 is 0 Å². The second-order valence-corrected chi connectivity index (χ2v) is 7.97. The SMILES string of the molecule is CCC(C)(C)N(C(=O)c1ccc(C)cc1)C1CC(=O)N(c2ccc(F)cc2)C1=O. The lowest BCUT2D eigenvalue weighted by atomic mass is 9.94. The maximum Gasteiger partial charge on any atom is 0.257 e. The molecule has 1 saturated heterocycles. The number of benzene rings is 2. The minimum Gasteiger partial charge on any atom is -0.321 e. The van der Waals surface area contributed by atoms with Crippen molar-refractivity contribution >= 4 is 23.4 Å². The Kier molecular flexibility index (Phi) is 5.55. The monoisotopic (exact) mass is 396 g/mol. The van der Waals surface area contributed by atoms with E-state index >= 15 is 0 Å². The Morgan fingerprint density at radius 1 is 1.10 bits per heavy atom. The van der Waals surface area contributed by atoms with Gasteiger partial charge in [-0.25, -0.2) is 9.29 Å². The van der Waals surface area contributed by atoms with Crippen molar-refractivity contribution in [1.82, 2.24) is 4.90 Å². The van der Waals surface area contributed by atoms with Crippen LogP contribution in [0, 0.1) is 12.7 Å². The van der Waals surface area contributed by atoms with Gasteiger partial charge in [0.25, 0.3) is 11.8 Å². The lowest BCUT2D eigenvalue weighted by Crippen LogP contribution is -2.55. The van der Waals surface area contributed by atoms with Crippen molar-refractivity contribution in [2.45, 2.75) is 52.1 Å². The molecule has 1 aliphatic heterocycles. The topological polar surface area (TPSA) is 57.7 Å². The summed E-state index contributed by atoms with van der Waals surface area (Å²) in [4.78, 5) is 41.8. The van der Waals surface area contributed by atoms with Crippen molar-refractivity contribution in [2.75, 3.05) is 4.90 Å². The number of aryl methyl sites for hydroxylation is 1. The van der Waals surface area contributed by atoms with Gasteiger partial charge in [0, 0.05) is 11.1 Å². The molecule has 0 aromatic heterocycles. The molecule has 3 rings (SSSR count). The number of halogens is 1. The Bertz CT molecular complexity index is 936. The van der Waals surface area contributed by atoms with Crippen LogP contribution in [0.15, 0.2) is 48.5 Å². The van der Waals surface area contributed by atoms with Gasteiger partial charge in [0.1, 0.15) is 11.9 Å². The van der Waals surface area contributed by atoms with E-state index in [0.29, 0.717) is 17.7 Å². The molecule has 152 valence electrons. The zero-order chi connectivity index (χ0) is 21.3. The third-order valence-electron chi connectivity index (χ3n) is 5.55. The standard InChI is InChI=1S/C23H25FN2O3/c1-5-23(3,4)26(21(28)16-8-6-15(2)7-9-16)19-14-20(27)25(22(19)29)18-12-10-17(24)11-13-18/h6-13,19H,5,14H2,1-4H3. The minimum absolute atomic E-state index is 0.1000. The van der Waals surface area contributed by atoms with Gasteiger partial charge in [-0.2, -0.15) is 0 Å². The molecule has 2 aromatic rings. The molecule has 2 aromatic carbocycles. The van der Waals surface area contributed by atoms with E-state index in [0.717, 1.165) is 10.5 Å². The van der Waals surface area contributed by atoms with Crippen LogP contribution in [0.5, 0.6) is 0 Å². The van der Waals surface area contributed by atoms with E-state index in [1.54, 1.807) is 12.1 Å². The summed E-state index contributed by atoms with van der Waals surface area (Å²) in [5, 5.41) is 0. The summed E-state index contributed by atoms with van der Waals surface area (Å²) in [5.74, 6) is -1.61. The Morgan fingerprint density at radius 3 is 2.24 bits per heavy atom. The van der Waals surface area contributed by atoms with Gasteiger partial charge in [-0.05, 0) is 63.6 Å². The maximum atomic E-state index is 13.4. The van der Waals surface area contributed by atoms with Crippen LogP contribution in [0.2, 0.25) is 0 Å². The molecule has 0 bridgehead atoms. The van der Waals surface area contributed by atoms with Crippen LogP contribution < -0.4 is 4.90 Å².